The molecule has 4 fully saturated rings. The van der Waals surface area contributed by atoms with Gasteiger partial charge >= 0.3 is 21.6 Å². The third kappa shape index (κ3) is 2.36. The van der Waals surface area contributed by atoms with Gasteiger partial charge in [-0.15, -0.1) is 0 Å². The van der Waals surface area contributed by atoms with Crippen molar-refractivity contribution in [1.29, 1.82) is 0 Å². The molecule has 95 valence electrons. The van der Waals surface area contributed by atoms with Crippen LogP contribution in [-0.4, -0.2) is 87.4 Å². The fraction of sp³-hybridized carbons (Fsp3) is 1.00. The Morgan fingerprint density at radius 2 is 1.00 bits per heavy atom. The van der Waals surface area contributed by atoms with Crippen molar-refractivity contribution in [2.75, 3.05) is 46.6 Å². The van der Waals surface area contributed by atoms with Crippen molar-refractivity contribution < 1.29 is 51.8 Å². The Morgan fingerprint density at radius 3 is 1.28 bits per heavy atom. The molecule has 1 N–H and O–H groups in total. The Kier molecular flexibility index (Phi) is 5.69. The zero-order valence-electron chi connectivity index (χ0n) is 10.6. The number of hydrogen-bond acceptors (Lipinski definition) is 7. The van der Waals surface area contributed by atoms with Crippen LogP contribution in [-0.2, 0) is 46.7 Å². The second-order valence-electron chi connectivity index (χ2n) is 4.30. The minimum Gasteiger partial charge on any atom is -0.408 e. The predicted molar refractivity (Wildman–Crippen MR) is 63.4 cm³/mol. The molecule has 1 radical (unpaired) electrons. The van der Waals surface area contributed by atoms with Gasteiger partial charge in [0.1, 0.15) is 0 Å². The van der Waals surface area contributed by atoms with Crippen LogP contribution in [0, 0.1) is 0 Å². The minimum absolute atomic E-state index is 0. The van der Waals surface area contributed by atoms with E-state index < -0.39 is 0 Å². The Morgan fingerprint density at radius 1 is 0.722 bits per heavy atom. The third-order valence-corrected chi connectivity index (χ3v) is 3.55. The Balaban J connectivity index is 0.000000384. The smallest absolute Gasteiger partial charge is 0.408 e. The first-order valence-electron chi connectivity index (χ1n) is 6.02. The first-order valence-corrected chi connectivity index (χ1v) is 6.02. The monoisotopic (exact) mass is 328 g/mol. The van der Waals surface area contributed by atoms with E-state index in [9.17, 15) is 0 Å². The second kappa shape index (κ2) is 6.65. The van der Waals surface area contributed by atoms with Gasteiger partial charge in [0.15, 0.2) is 0 Å². The SMILES string of the molecule is C1CN2B(O1)N1CCOB1N1CCOB21.CO.[Y]. The molecule has 0 atom stereocenters. The van der Waals surface area contributed by atoms with Gasteiger partial charge in [-0.05, 0) is 0 Å². The molecule has 0 bridgehead atoms. The van der Waals surface area contributed by atoms with E-state index in [0.29, 0.717) is 0 Å². The van der Waals surface area contributed by atoms with Gasteiger partial charge in [-0.2, -0.15) is 0 Å². The number of nitrogens with zero attached hydrogens (tertiary/aromatic N) is 3. The van der Waals surface area contributed by atoms with Crippen LogP contribution < -0.4 is 0 Å². The zero-order valence-corrected chi connectivity index (χ0v) is 13.4. The van der Waals surface area contributed by atoms with Gasteiger partial charge in [-0.3, -0.25) is 0 Å². The molecule has 0 aliphatic carbocycles. The maximum atomic E-state index is 7.00. The van der Waals surface area contributed by atoms with E-state index in [-0.39, 0.29) is 54.3 Å². The Labute approximate surface area is 133 Å². The fourth-order valence-electron chi connectivity index (χ4n) is 2.93. The van der Waals surface area contributed by atoms with Crippen LogP contribution in [0.1, 0.15) is 0 Å². The fourth-order valence-corrected chi connectivity index (χ4v) is 2.93. The summed E-state index contributed by atoms with van der Waals surface area (Å²) in [6.45, 7) is 5.24. The average Bonchev–Trinajstić information content (AvgIpc) is 3.10. The van der Waals surface area contributed by atoms with E-state index in [0.717, 1.165) is 46.6 Å². The molecule has 0 spiro atoms. The van der Waals surface area contributed by atoms with E-state index in [1.807, 2.05) is 0 Å². The standard InChI is InChI=1S/C6H12B3N3O3.CH4O.Y/c1-4-13-7-10(1)8-12(2-5-14-8)9-11(7)3-6-15-9;1-2;/h1-6H2;2H,1H3;. The summed E-state index contributed by atoms with van der Waals surface area (Å²) in [5, 5.41) is 7.00. The largest absolute Gasteiger partial charge is 0.462 e. The molecule has 11 heteroatoms. The molecule has 4 heterocycles. The molecule has 0 saturated carbocycles. The van der Waals surface area contributed by atoms with Gasteiger partial charge in [0.05, 0.1) is 0 Å². The van der Waals surface area contributed by atoms with Crippen LogP contribution in [0.4, 0.5) is 0 Å². The van der Waals surface area contributed by atoms with Crippen molar-refractivity contribution in [2.45, 2.75) is 0 Å². The van der Waals surface area contributed by atoms with Crippen molar-refractivity contribution in [1.82, 2.24) is 14.2 Å². The molecule has 4 aliphatic heterocycles. The van der Waals surface area contributed by atoms with Crippen LogP contribution >= 0.6 is 0 Å². The topological polar surface area (TPSA) is 57.6 Å². The van der Waals surface area contributed by atoms with Crippen LogP contribution in [0.25, 0.3) is 0 Å². The molecule has 0 unspecified atom stereocenters. The van der Waals surface area contributed by atoms with Crippen molar-refractivity contribution in [3.8, 4) is 0 Å². The Bertz CT molecular complexity index is 216. The maximum Gasteiger partial charge on any atom is 0.462 e. The summed E-state index contributed by atoms with van der Waals surface area (Å²) in [4.78, 5) is 0. The van der Waals surface area contributed by atoms with Crippen LogP contribution in [0.15, 0.2) is 0 Å². The van der Waals surface area contributed by atoms with Gasteiger partial charge < -0.3 is 33.2 Å². The molecule has 0 aromatic carbocycles. The predicted octanol–water partition coefficient (Wildman–Crippen LogP) is -2.44. The van der Waals surface area contributed by atoms with Crippen molar-refractivity contribution >= 4 is 21.6 Å². The van der Waals surface area contributed by atoms with Crippen LogP contribution in [0.5, 0.6) is 0 Å². The number of aliphatic hydroxyl groups is 1. The number of aliphatic hydroxyl groups excluding tert-OH is 1. The molecule has 0 amide bonds. The number of fused-ring (bicyclic) bond motifs is 6. The molecular formula is C7H16B3N3O4Y. The van der Waals surface area contributed by atoms with Gasteiger partial charge in [0, 0.05) is 79.3 Å². The van der Waals surface area contributed by atoms with Crippen molar-refractivity contribution in [3.63, 3.8) is 0 Å². The molecule has 18 heavy (non-hydrogen) atoms. The number of hydrogen-bond donors (Lipinski definition) is 1. The second-order valence-corrected chi connectivity index (χ2v) is 4.30. The molecule has 4 rings (SSSR count). The molecule has 4 saturated heterocycles. The molecule has 4 aliphatic rings. The van der Waals surface area contributed by atoms with Gasteiger partial charge in [-0.1, -0.05) is 0 Å². The summed E-state index contributed by atoms with van der Waals surface area (Å²) in [5.41, 5.74) is 0. The van der Waals surface area contributed by atoms with Crippen molar-refractivity contribution in [3.05, 3.63) is 0 Å². The normalized spacial score (nSPS) is 27.3. The van der Waals surface area contributed by atoms with E-state index in [4.69, 9.17) is 19.1 Å². The minimum atomic E-state index is 0. The average molecular weight is 328 g/mol. The quantitative estimate of drug-likeness (QED) is 0.496. The maximum absolute atomic E-state index is 7.00. The molecule has 0 aromatic rings. The zero-order chi connectivity index (χ0) is 11.8. The summed E-state index contributed by atoms with van der Waals surface area (Å²) < 4.78 is 24.1. The van der Waals surface area contributed by atoms with E-state index >= 15 is 0 Å². The summed E-state index contributed by atoms with van der Waals surface area (Å²) in [6, 6.07) is 0. The first kappa shape index (κ1) is 15.4. The van der Waals surface area contributed by atoms with E-state index in [1.165, 1.54) is 0 Å². The van der Waals surface area contributed by atoms with Gasteiger partial charge in [-0.25, -0.2) is 0 Å². The molecule has 0 aromatic heterocycles. The van der Waals surface area contributed by atoms with Gasteiger partial charge in [0.25, 0.3) is 0 Å². The summed E-state index contributed by atoms with van der Waals surface area (Å²) in [6.07, 6.45) is 0. The summed E-state index contributed by atoms with van der Waals surface area (Å²) >= 11 is 0. The van der Waals surface area contributed by atoms with Crippen molar-refractivity contribution in [2.24, 2.45) is 0 Å². The van der Waals surface area contributed by atoms with E-state index in [1.54, 1.807) is 0 Å². The summed E-state index contributed by atoms with van der Waals surface area (Å²) in [7, 11) is 1.20. The Hall–Kier alpha value is 1.02. The third-order valence-electron chi connectivity index (χ3n) is 3.55. The molecule has 7 nitrogen and oxygen atoms in total. The van der Waals surface area contributed by atoms with E-state index in [2.05, 4.69) is 14.2 Å². The number of rotatable bonds is 0. The van der Waals surface area contributed by atoms with Crippen LogP contribution in [0.3, 0.4) is 0 Å². The summed E-state index contributed by atoms with van der Waals surface area (Å²) in [5.74, 6) is 0. The van der Waals surface area contributed by atoms with Gasteiger partial charge in [0.2, 0.25) is 0 Å². The van der Waals surface area contributed by atoms with Crippen LogP contribution in [0.2, 0.25) is 0 Å². The molecular weight excluding hydrogens is 311 g/mol. The first-order chi connectivity index (χ1) is 8.45.